The number of nitrogens with one attached hydrogen (secondary N) is 1. The third-order valence-electron chi connectivity index (χ3n) is 2.91. The van der Waals surface area contributed by atoms with E-state index in [0.29, 0.717) is 0 Å². The lowest BCUT2D eigenvalue weighted by Gasteiger charge is -2.21. The number of sulfonamides is 1. The van der Waals surface area contributed by atoms with Crippen LogP contribution in [0.15, 0.2) is 35.4 Å². The van der Waals surface area contributed by atoms with Crippen LogP contribution in [0.4, 0.5) is 0 Å². The van der Waals surface area contributed by atoms with E-state index in [-0.39, 0.29) is 4.90 Å². The summed E-state index contributed by atoms with van der Waals surface area (Å²) >= 11 is 0. The van der Waals surface area contributed by atoms with Gasteiger partial charge in [-0.3, -0.25) is 4.98 Å². The number of hydrogen-bond acceptors (Lipinski definition) is 3. The number of rotatable bonds is 3. The fourth-order valence-corrected chi connectivity index (χ4v) is 3.75. The summed E-state index contributed by atoms with van der Waals surface area (Å²) in [5.74, 6) is 0. The number of aryl methyl sites for hydroxylation is 1. The predicted octanol–water partition coefficient (Wildman–Crippen LogP) is 2.87. The summed E-state index contributed by atoms with van der Waals surface area (Å²) in [5.41, 5.74) is 0.388. The van der Waals surface area contributed by atoms with Crippen LogP contribution in [-0.4, -0.2) is 18.9 Å². The number of nitrogens with zero attached hydrogens (tertiary/aromatic N) is 1. The highest BCUT2D eigenvalue weighted by Crippen LogP contribution is 2.25. The Morgan fingerprint density at radius 3 is 2.30 bits per heavy atom. The quantitative estimate of drug-likeness (QED) is 0.946. The molecule has 0 aliphatic carbocycles. The van der Waals surface area contributed by atoms with Crippen molar-refractivity contribution in [3.05, 3.63) is 36.2 Å². The monoisotopic (exact) mass is 292 g/mol. The Morgan fingerprint density at radius 2 is 1.75 bits per heavy atom. The first kappa shape index (κ1) is 14.9. The molecular formula is C15H20N2O2S. The van der Waals surface area contributed by atoms with E-state index in [9.17, 15) is 8.42 Å². The molecule has 1 heterocycles. The molecule has 0 amide bonds. The van der Waals surface area contributed by atoms with Gasteiger partial charge in [-0.15, -0.1) is 0 Å². The molecule has 20 heavy (non-hydrogen) atoms. The van der Waals surface area contributed by atoms with Crippen molar-refractivity contribution in [2.45, 2.75) is 44.6 Å². The van der Waals surface area contributed by atoms with Gasteiger partial charge in [-0.2, -0.15) is 0 Å². The topological polar surface area (TPSA) is 59.1 Å². The van der Waals surface area contributed by atoms with Crippen molar-refractivity contribution in [1.82, 2.24) is 9.71 Å². The van der Waals surface area contributed by atoms with E-state index in [1.807, 2.05) is 52.0 Å². The van der Waals surface area contributed by atoms with Gasteiger partial charge in [-0.05, 0) is 27.2 Å². The maximum atomic E-state index is 12.5. The summed E-state index contributed by atoms with van der Waals surface area (Å²) in [6.45, 7) is 7.47. The average Bonchev–Trinajstić information content (AvgIpc) is 2.34. The zero-order valence-corrected chi connectivity index (χ0v) is 13.1. The Balaban J connectivity index is 2.68. The Kier molecular flexibility index (Phi) is 3.84. The van der Waals surface area contributed by atoms with Gasteiger partial charge in [-0.1, -0.05) is 31.2 Å². The number of hydrogen-bond donors (Lipinski definition) is 1. The number of benzene rings is 1. The highest BCUT2D eigenvalue weighted by atomic mass is 32.2. The third-order valence-corrected chi connectivity index (χ3v) is 4.69. The van der Waals surface area contributed by atoms with Gasteiger partial charge in [0.15, 0.2) is 0 Å². The molecule has 0 fully saturated rings. The van der Waals surface area contributed by atoms with E-state index in [2.05, 4.69) is 9.71 Å². The molecule has 0 bridgehead atoms. The molecule has 2 rings (SSSR count). The summed E-state index contributed by atoms with van der Waals surface area (Å²) in [7, 11) is -3.58. The van der Waals surface area contributed by atoms with Crippen LogP contribution in [0.2, 0.25) is 0 Å². The highest BCUT2D eigenvalue weighted by Gasteiger charge is 2.24. The Bertz CT molecular complexity index is 731. The maximum Gasteiger partial charge on any atom is 0.243 e. The van der Waals surface area contributed by atoms with Crippen LogP contribution in [0.5, 0.6) is 0 Å². The van der Waals surface area contributed by atoms with Gasteiger partial charge in [0.1, 0.15) is 4.90 Å². The molecule has 0 aliphatic heterocycles. The van der Waals surface area contributed by atoms with Gasteiger partial charge in [0.2, 0.25) is 10.0 Å². The minimum Gasteiger partial charge on any atom is -0.259 e. The van der Waals surface area contributed by atoms with Crippen molar-refractivity contribution in [1.29, 1.82) is 0 Å². The largest absolute Gasteiger partial charge is 0.259 e. The molecule has 5 heteroatoms. The Hall–Kier alpha value is -1.46. The van der Waals surface area contributed by atoms with Gasteiger partial charge in [-0.25, -0.2) is 13.1 Å². The van der Waals surface area contributed by atoms with Crippen molar-refractivity contribution in [2.75, 3.05) is 0 Å². The molecular weight excluding hydrogens is 272 g/mol. The normalized spacial score (nSPS) is 12.8. The summed E-state index contributed by atoms with van der Waals surface area (Å²) < 4.78 is 27.7. The van der Waals surface area contributed by atoms with Gasteiger partial charge < -0.3 is 0 Å². The van der Waals surface area contributed by atoms with Crippen LogP contribution in [0.3, 0.4) is 0 Å². The minimum atomic E-state index is -3.58. The van der Waals surface area contributed by atoms with Crippen LogP contribution < -0.4 is 4.72 Å². The van der Waals surface area contributed by atoms with E-state index in [0.717, 1.165) is 22.9 Å². The second-order valence-corrected chi connectivity index (χ2v) is 7.47. The van der Waals surface area contributed by atoms with Crippen LogP contribution in [0, 0.1) is 0 Å². The lowest BCUT2D eigenvalue weighted by atomic mass is 10.1. The fraction of sp³-hybridized carbons (Fsp3) is 0.400. The van der Waals surface area contributed by atoms with Crippen molar-refractivity contribution < 1.29 is 8.42 Å². The smallest absolute Gasteiger partial charge is 0.243 e. The lowest BCUT2D eigenvalue weighted by Crippen LogP contribution is -2.40. The SMILES string of the molecule is CCc1ncc(S(=O)(=O)NC(C)(C)C)c2ccccc12. The number of aromatic nitrogens is 1. The molecule has 0 saturated heterocycles. The van der Waals surface area contributed by atoms with Gasteiger partial charge in [0, 0.05) is 28.2 Å². The summed E-state index contributed by atoms with van der Waals surface area (Å²) in [6.07, 6.45) is 2.22. The predicted molar refractivity (Wildman–Crippen MR) is 81.2 cm³/mol. The van der Waals surface area contributed by atoms with Crippen molar-refractivity contribution in [2.24, 2.45) is 0 Å². The molecule has 0 atom stereocenters. The fourth-order valence-electron chi connectivity index (χ4n) is 2.18. The summed E-state index contributed by atoms with van der Waals surface area (Å²) in [6, 6.07) is 7.49. The molecule has 0 saturated carbocycles. The van der Waals surface area contributed by atoms with Gasteiger partial charge in [0.25, 0.3) is 0 Å². The Labute approximate surface area is 120 Å². The molecule has 1 aromatic heterocycles. The lowest BCUT2D eigenvalue weighted by molar-refractivity contribution is 0.492. The zero-order valence-electron chi connectivity index (χ0n) is 12.3. The van der Waals surface area contributed by atoms with E-state index < -0.39 is 15.6 Å². The third kappa shape index (κ3) is 2.99. The van der Waals surface area contributed by atoms with Crippen molar-refractivity contribution in [3.8, 4) is 0 Å². The standard InChI is InChI=1S/C15H20N2O2S/c1-5-13-11-8-6-7-9-12(11)14(10-16-13)20(18,19)17-15(2,3)4/h6-10,17H,5H2,1-4H3. The molecule has 0 radical (unpaired) electrons. The molecule has 0 spiro atoms. The van der Waals surface area contributed by atoms with Crippen molar-refractivity contribution in [3.63, 3.8) is 0 Å². The first-order valence-electron chi connectivity index (χ1n) is 6.65. The van der Waals surface area contributed by atoms with Gasteiger partial charge in [0.05, 0.1) is 0 Å². The summed E-state index contributed by atoms with van der Waals surface area (Å²) in [4.78, 5) is 4.54. The van der Waals surface area contributed by atoms with E-state index in [1.165, 1.54) is 6.20 Å². The van der Waals surface area contributed by atoms with Crippen LogP contribution in [0.25, 0.3) is 10.8 Å². The molecule has 2 aromatic rings. The molecule has 0 unspecified atom stereocenters. The molecule has 0 aliphatic rings. The molecule has 1 aromatic carbocycles. The molecule has 1 N–H and O–H groups in total. The van der Waals surface area contributed by atoms with Crippen LogP contribution in [0.1, 0.15) is 33.4 Å². The van der Waals surface area contributed by atoms with Crippen LogP contribution >= 0.6 is 0 Å². The van der Waals surface area contributed by atoms with E-state index >= 15 is 0 Å². The second-order valence-electron chi connectivity index (χ2n) is 5.82. The first-order chi connectivity index (χ1) is 9.24. The zero-order chi connectivity index (χ0) is 15.0. The second kappa shape index (κ2) is 5.14. The average molecular weight is 292 g/mol. The van der Waals surface area contributed by atoms with Crippen molar-refractivity contribution >= 4 is 20.8 Å². The van der Waals surface area contributed by atoms with E-state index in [1.54, 1.807) is 0 Å². The highest BCUT2D eigenvalue weighted by molar-refractivity contribution is 7.89. The van der Waals surface area contributed by atoms with Gasteiger partial charge >= 0.3 is 0 Å². The Morgan fingerprint density at radius 1 is 1.15 bits per heavy atom. The number of pyridine rings is 1. The number of fused-ring (bicyclic) bond motifs is 1. The molecule has 108 valence electrons. The van der Waals surface area contributed by atoms with Crippen LogP contribution in [-0.2, 0) is 16.4 Å². The molecule has 4 nitrogen and oxygen atoms in total. The minimum absolute atomic E-state index is 0.236. The maximum absolute atomic E-state index is 12.5. The summed E-state index contributed by atoms with van der Waals surface area (Å²) in [5, 5.41) is 1.61. The first-order valence-corrected chi connectivity index (χ1v) is 8.13. The van der Waals surface area contributed by atoms with E-state index in [4.69, 9.17) is 0 Å².